The van der Waals surface area contributed by atoms with E-state index < -0.39 is 0 Å². The molecule has 2 aromatic carbocycles. The fourth-order valence-corrected chi connectivity index (χ4v) is 3.99. The number of hydrogen-bond acceptors (Lipinski definition) is 3. The van der Waals surface area contributed by atoms with Gasteiger partial charge < -0.3 is 0 Å². The van der Waals surface area contributed by atoms with Gasteiger partial charge in [-0.3, -0.25) is 22.9 Å². The van der Waals surface area contributed by atoms with Crippen molar-refractivity contribution in [2.75, 3.05) is 0 Å². The molecular weight excluding hydrogens is 378 g/mol. The standard InChI is InChI=1S/C23H21N5O2/c1-16-15-27-19-20(24-22(27)28(16)18-11-7-4-8-12-18)25(2)23(30)26(21(19)29)14-13-17-9-5-3-6-10-17/h3-12,15H,13-14H2,1-2H3. The molecule has 0 aliphatic heterocycles. The van der Waals surface area contributed by atoms with E-state index in [1.54, 1.807) is 11.4 Å². The van der Waals surface area contributed by atoms with E-state index in [1.165, 1.54) is 9.13 Å². The molecule has 7 heteroatoms. The number of benzene rings is 2. The number of rotatable bonds is 4. The van der Waals surface area contributed by atoms with Crippen LogP contribution in [-0.2, 0) is 20.0 Å². The van der Waals surface area contributed by atoms with Gasteiger partial charge in [-0.2, -0.15) is 4.98 Å². The zero-order chi connectivity index (χ0) is 20.8. The van der Waals surface area contributed by atoms with Crippen molar-refractivity contribution < 1.29 is 0 Å². The summed E-state index contributed by atoms with van der Waals surface area (Å²) in [6, 6.07) is 19.7. The van der Waals surface area contributed by atoms with Gasteiger partial charge in [0.25, 0.3) is 5.56 Å². The summed E-state index contributed by atoms with van der Waals surface area (Å²) in [5.41, 5.74) is 3.12. The minimum absolute atomic E-state index is 0.317. The van der Waals surface area contributed by atoms with Crippen LogP contribution < -0.4 is 11.2 Å². The van der Waals surface area contributed by atoms with Crippen LogP contribution in [0.2, 0.25) is 0 Å². The average molecular weight is 399 g/mol. The smallest absolute Gasteiger partial charge is 0.283 e. The first-order valence-electron chi connectivity index (χ1n) is 9.85. The lowest BCUT2D eigenvalue weighted by Crippen LogP contribution is -2.39. The van der Waals surface area contributed by atoms with E-state index >= 15 is 0 Å². The molecule has 0 fully saturated rings. The Morgan fingerprint density at radius 3 is 2.30 bits per heavy atom. The van der Waals surface area contributed by atoms with Crippen LogP contribution in [0.4, 0.5) is 0 Å². The number of fused-ring (bicyclic) bond motifs is 3. The van der Waals surface area contributed by atoms with E-state index in [-0.39, 0.29) is 11.2 Å². The third kappa shape index (κ3) is 2.70. The zero-order valence-corrected chi connectivity index (χ0v) is 16.8. The second-order valence-corrected chi connectivity index (χ2v) is 7.43. The zero-order valence-electron chi connectivity index (χ0n) is 16.8. The molecular formula is C23H21N5O2. The quantitative estimate of drug-likeness (QED) is 0.467. The Morgan fingerprint density at radius 1 is 0.933 bits per heavy atom. The fourth-order valence-electron chi connectivity index (χ4n) is 3.99. The first kappa shape index (κ1) is 18.2. The second-order valence-electron chi connectivity index (χ2n) is 7.43. The van der Waals surface area contributed by atoms with Crippen LogP contribution >= 0.6 is 0 Å². The van der Waals surface area contributed by atoms with E-state index in [1.807, 2.05) is 78.4 Å². The highest BCUT2D eigenvalue weighted by molar-refractivity contribution is 5.76. The Hall–Kier alpha value is -3.87. The predicted molar refractivity (Wildman–Crippen MR) is 116 cm³/mol. The van der Waals surface area contributed by atoms with Gasteiger partial charge in [0, 0.05) is 31.2 Å². The summed E-state index contributed by atoms with van der Waals surface area (Å²) in [5, 5.41) is 0. The van der Waals surface area contributed by atoms with Gasteiger partial charge in [0.15, 0.2) is 11.2 Å². The molecule has 0 unspecified atom stereocenters. The predicted octanol–water partition coefficient (Wildman–Crippen LogP) is 2.69. The van der Waals surface area contributed by atoms with E-state index in [0.717, 1.165) is 16.9 Å². The lowest BCUT2D eigenvalue weighted by molar-refractivity contribution is 0.602. The van der Waals surface area contributed by atoms with Crippen LogP contribution in [0.15, 0.2) is 76.4 Å². The van der Waals surface area contributed by atoms with Crippen molar-refractivity contribution in [3.05, 3.63) is 99.0 Å². The van der Waals surface area contributed by atoms with Crippen molar-refractivity contribution in [1.29, 1.82) is 0 Å². The van der Waals surface area contributed by atoms with Crippen LogP contribution in [0.5, 0.6) is 0 Å². The summed E-state index contributed by atoms with van der Waals surface area (Å²) < 4.78 is 6.54. The van der Waals surface area contributed by atoms with Gasteiger partial charge in [-0.05, 0) is 31.0 Å². The monoisotopic (exact) mass is 399 g/mol. The van der Waals surface area contributed by atoms with Crippen LogP contribution in [0.1, 0.15) is 11.3 Å². The molecule has 0 saturated heterocycles. The molecule has 0 aliphatic rings. The molecule has 0 aliphatic carbocycles. The number of imidazole rings is 2. The minimum atomic E-state index is -0.354. The molecule has 0 radical (unpaired) electrons. The normalized spacial score (nSPS) is 11.5. The molecule has 7 nitrogen and oxygen atoms in total. The summed E-state index contributed by atoms with van der Waals surface area (Å²) in [4.78, 5) is 30.9. The molecule has 0 amide bonds. The van der Waals surface area contributed by atoms with E-state index in [4.69, 9.17) is 0 Å². The summed E-state index contributed by atoms with van der Waals surface area (Å²) in [7, 11) is 1.66. The van der Waals surface area contributed by atoms with Gasteiger partial charge >= 0.3 is 5.69 Å². The highest BCUT2D eigenvalue weighted by atomic mass is 16.2. The van der Waals surface area contributed by atoms with Crippen LogP contribution in [0.25, 0.3) is 22.6 Å². The van der Waals surface area contributed by atoms with Crippen molar-refractivity contribution >= 4 is 16.9 Å². The number of nitrogens with zero attached hydrogens (tertiary/aromatic N) is 5. The van der Waals surface area contributed by atoms with Crippen LogP contribution in [0, 0.1) is 6.92 Å². The highest BCUT2D eigenvalue weighted by Crippen LogP contribution is 2.20. The molecule has 3 heterocycles. The first-order chi connectivity index (χ1) is 14.6. The van der Waals surface area contributed by atoms with Crippen molar-refractivity contribution in [2.24, 2.45) is 7.05 Å². The maximum atomic E-state index is 13.3. The molecule has 0 bridgehead atoms. The van der Waals surface area contributed by atoms with Crippen molar-refractivity contribution in [3.63, 3.8) is 0 Å². The molecule has 150 valence electrons. The van der Waals surface area contributed by atoms with Gasteiger partial charge in [0.1, 0.15) is 0 Å². The van der Waals surface area contributed by atoms with Crippen molar-refractivity contribution in [1.82, 2.24) is 23.1 Å². The molecule has 5 rings (SSSR count). The number of aryl methyl sites for hydroxylation is 3. The summed E-state index contributed by atoms with van der Waals surface area (Å²) in [5.74, 6) is 0.613. The Morgan fingerprint density at radius 2 is 1.60 bits per heavy atom. The highest BCUT2D eigenvalue weighted by Gasteiger charge is 2.20. The first-order valence-corrected chi connectivity index (χ1v) is 9.85. The van der Waals surface area contributed by atoms with Gasteiger partial charge in [-0.1, -0.05) is 48.5 Å². The molecule has 0 atom stereocenters. The molecule has 0 spiro atoms. The number of para-hydroxylation sites is 1. The Bertz CT molecular complexity index is 1490. The van der Waals surface area contributed by atoms with Crippen molar-refractivity contribution in [2.45, 2.75) is 19.9 Å². The summed E-state index contributed by atoms with van der Waals surface area (Å²) in [6.45, 7) is 2.29. The van der Waals surface area contributed by atoms with Crippen LogP contribution in [0.3, 0.4) is 0 Å². The maximum Gasteiger partial charge on any atom is 0.332 e. The van der Waals surface area contributed by atoms with Crippen molar-refractivity contribution in [3.8, 4) is 5.69 Å². The largest absolute Gasteiger partial charge is 0.332 e. The molecule has 0 N–H and O–H groups in total. The Kier molecular flexibility index (Phi) is 4.17. The minimum Gasteiger partial charge on any atom is -0.283 e. The summed E-state index contributed by atoms with van der Waals surface area (Å²) >= 11 is 0. The Labute approximate surface area is 172 Å². The molecule has 5 aromatic rings. The number of aromatic nitrogens is 5. The van der Waals surface area contributed by atoms with E-state index in [9.17, 15) is 9.59 Å². The van der Waals surface area contributed by atoms with Gasteiger partial charge in [0.05, 0.1) is 0 Å². The lowest BCUT2D eigenvalue weighted by Gasteiger charge is -2.08. The molecule has 0 saturated carbocycles. The van der Waals surface area contributed by atoms with Gasteiger partial charge in [-0.15, -0.1) is 0 Å². The lowest BCUT2D eigenvalue weighted by atomic mass is 10.1. The van der Waals surface area contributed by atoms with E-state index in [2.05, 4.69) is 4.98 Å². The third-order valence-corrected chi connectivity index (χ3v) is 5.51. The topological polar surface area (TPSA) is 66.2 Å². The SMILES string of the molecule is Cc1cn2c3c(=O)n(CCc4ccccc4)c(=O)n(C)c3nc2n1-c1ccccc1. The molecule has 3 aromatic heterocycles. The van der Waals surface area contributed by atoms with Gasteiger partial charge in [0.2, 0.25) is 5.78 Å². The fraction of sp³-hybridized carbons (Fsp3) is 0.174. The van der Waals surface area contributed by atoms with Gasteiger partial charge in [-0.25, -0.2) is 4.79 Å². The van der Waals surface area contributed by atoms with Crippen LogP contribution in [-0.4, -0.2) is 23.1 Å². The number of hydrogen-bond donors (Lipinski definition) is 0. The maximum absolute atomic E-state index is 13.3. The molecule has 30 heavy (non-hydrogen) atoms. The average Bonchev–Trinajstić information content (AvgIpc) is 3.28. The van der Waals surface area contributed by atoms with E-state index in [0.29, 0.717) is 29.9 Å². The third-order valence-electron chi connectivity index (χ3n) is 5.51. The summed E-state index contributed by atoms with van der Waals surface area (Å²) in [6.07, 6.45) is 2.50. The Balaban J connectivity index is 1.72. The second kappa shape index (κ2) is 6.88.